The van der Waals surface area contributed by atoms with E-state index in [1.54, 1.807) is 29.3 Å². The molecule has 0 aliphatic carbocycles. The van der Waals surface area contributed by atoms with E-state index in [9.17, 15) is 9.59 Å². The van der Waals surface area contributed by atoms with Gasteiger partial charge in [0.2, 0.25) is 17.6 Å². The molecule has 8 nitrogen and oxygen atoms in total. The molecule has 8 heteroatoms. The van der Waals surface area contributed by atoms with Crippen LogP contribution in [0.25, 0.3) is 0 Å². The highest BCUT2D eigenvalue weighted by atomic mass is 16.5. The van der Waals surface area contributed by atoms with E-state index in [4.69, 9.17) is 14.2 Å². The zero-order valence-electron chi connectivity index (χ0n) is 16.3. The number of ether oxygens (including phenoxy) is 3. The molecule has 1 unspecified atom stereocenters. The summed E-state index contributed by atoms with van der Waals surface area (Å²) < 4.78 is 16.0. The summed E-state index contributed by atoms with van der Waals surface area (Å²) >= 11 is 0. The van der Waals surface area contributed by atoms with Crippen LogP contribution in [0.2, 0.25) is 0 Å². The number of aryl methyl sites for hydroxylation is 1. The van der Waals surface area contributed by atoms with E-state index in [1.165, 1.54) is 21.3 Å². The van der Waals surface area contributed by atoms with Crippen LogP contribution in [0.5, 0.6) is 17.2 Å². The molecule has 2 aromatic rings. The summed E-state index contributed by atoms with van der Waals surface area (Å²) in [4.78, 5) is 30.9. The van der Waals surface area contributed by atoms with E-state index >= 15 is 0 Å². The maximum Gasteiger partial charge on any atom is 0.230 e. The van der Waals surface area contributed by atoms with Crippen LogP contribution in [0.1, 0.15) is 12.0 Å². The summed E-state index contributed by atoms with van der Waals surface area (Å²) in [7, 11) is 4.54. The number of hydrogen-bond acceptors (Lipinski definition) is 6. The fourth-order valence-corrected chi connectivity index (χ4v) is 3.13. The monoisotopic (exact) mass is 385 g/mol. The average molecular weight is 385 g/mol. The number of benzene rings is 1. The Bertz CT molecular complexity index is 857. The van der Waals surface area contributed by atoms with Gasteiger partial charge in [-0.05, 0) is 18.6 Å². The van der Waals surface area contributed by atoms with Gasteiger partial charge in [-0.1, -0.05) is 6.07 Å². The summed E-state index contributed by atoms with van der Waals surface area (Å²) in [5.74, 6) is 0.942. The van der Waals surface area contributed by atoms with Crippen LogP contribution < -0.4 is 24.4 Å². The molecule has 1 atom stereocenters. The summed E-state index contributed by atoms with van der Waals surface area (Å²) in [5, 5.41) is 2.77. The largest absolute Gasteiger partial charge is 0.493 e. The molecule has 1 aliphatic heterocycles. The van der Waals surface area contributed by atoms with Gasteiger partial charge in [0, 0.05) is 31.3 Å². The number of anilines is 2. The lowest BCUT2D eigenvalue weighted by Gasteiger charge is -2.20. The molecule has 1 aliphatic rings. The topological polar surface area (TPSA) is 90.0 Å². The molecule has 3 rings (SSSR count). The molecule has 2 amide bonds. The molecular formula is C20H23N3O5. The molecule has 0 radical (unpaired) electrons. The zero-order valence-corrected chi connectivity index (χ0v) is 16.3. The summed E-state index contributed by atoms with van der Waals surface area (Å²) in [6.07, 6.45) is 1.80. The second-order valence-corrected chi connectivity index (χ2v) is 6.50. The molecule has 148 valence electrons. The second kappa shape index (κ2) is 8.16. The van der Waals surface area contributed by atoms with Crippen molar-refractivity contribution in [3.8, 4) is 17.2 Å². The lowest BCUT2D eigenvalue weighted by Crippen LogP contribution is -2.28. The Kier molecular flexibility index (Phi) is 5.67. The third-order valence-electron chi connectivity index (χ3n) is 4.62. The molecule has 0 saturated carbocycles. The van der Waals surface area contributed by atoms with Crippen molar-refractivity contribution >= 4 is 23.3 Å². The number of nitrogens with one attached hydrogen (secondary N) is 1. The number of methoxy groups -OCH3 is 3. The summed E-state index contributed by atoms with van der Waals surface area (Å²) in [5.41, 5.74) is 1.59. The van der Waals surface area contributed by atoms with Gasteiger partial charge in [0.25, 0.3) is 0 Å². The van der Waals surface area contributed by atoms with Crippen LogP contribution in [0, 0.1) is 12.8 Å². The molecule has 0 spiro atoms. The van der Waals surface area contributed by atoms with Gasteiger partial charge < -0.3 is 24.4 Å². The normalized spacial score (nSPS) is 16.1. The fraction of sp³-hybridized carbons (Fsp3) is 0.350. The highest BCUT2D eigenvalue weighted by Crippen LogP contribution is 2.42. The van der Waals surface area contributed by atoms with E-state index in [0.29, 0.717) is 28.8 Å². The highest BCUT2D eigenvalue weighted by Gasteiger charge is 2.36. The number of nitrogens with zero attached hydrogens (tertiary/aromatic N) is 2. The van der Waals surface area contributed by atoms with Crippen LogP contribution in [0.4, 0.5) is 11.5 Å². The zero-order chi connectivity index (χ0) is 20.3. The Morgan fingerprint density at radius 3 is 2.36 bits per heavy atom. The first-order chi connectivity index (χ1) is 13.5. The minimum Gasteiger partial charge on any atom is -0.493 e. The quantitative estimate of drug-likeness (QED) is 0.821. The number of carbonyl (C=O) groups excluding carboxylic acids is 2. The molecule has 1 aromatic heterocycles. The third-order valence-corrected chi connectivity index (χ3v) is 4.62. The number of aromatic nitrogens is 1. The van der Waals surface area contributed by atoms with Crippen molar-refractivity contribution in [2.45, 2.75) is 13.3 Å². The molecular weight excluding hydrogens is 362 g/mol. The molecule has 1 N–H and O–H groups in total. The van der Waals surface area contributed by atoms with E-state index in [-0.39, 0.29) is 24.8 Å². The number of hydrogen-bond donors (Lipinski definition) is 1. The summed E-state index contributed by atoms with van der Waals surface area (Å²) in [6.45, 7) is 2.18. The number of carbonyl (C=O) groups is 2. The lowest BCUT2D eigenvalue weighted by atomic mass is 10.1. The van der Waals surface area contributed by atoms with Crippen LogP contribution in [-0.4, -0.2) is 44.7 Å². The van der Waals surface area contributed by atoms with Crippen LogP contribution >= 0.6 is 0 Å². The maximum absolute atomic E-state index is 12.6. The third kappa shape index (κ3) is 3.85. The lowest BCUT2D eigenvalue weighted by molar-refractivity contribution is -0.122. The van der Waals surface area contributed by atoms with E-state index in [0.717, 1.165) is 5.56 Å². The van der Waals surface area contributed by atoms with Gasteiger partial charge in [0.05, 0.1) is 32.9 Å². The van der Waals surface area contributed by atoms with Crippen molar-refractivity contribution in [2.75, 3.05) is 38.1 Å². The minimum absolute atomic E-state index is 0.119. The smallest absolute Gasteiger partial charge is 0.230 e. The van der Waals surface area contributed by atoms with Crippen molar-refractivity contribution in [1.82, 2.24) is 4.98 Å². The van der Waals surface area contributed by atoms with Crippen molar-refractivity contribution in [2.24, 2.45) is 5.92 Å². The Labute approximate surface area is 163 Å². The standard InChI is InChI=1S/C20H23N3O5/c1-12-5-6-17(21-10-12)22-20(25)13-7-18(24)23(11-13)14-8-15(26-2)19(28-4)16(9-14)27-3/h5-6,8-10,13H,7,11H2,1-4H3,(H,21,22,25). The first-order valence-electron chi connectivity index (χ1n) is 8.80. The first-order valence-corrected chi connectivity index (χ1v) is 8.80. The van der Waals surface area contributed by atoms with Crippen molar-refractivity contribution in [3.63, 3.8) is 0 Å². The number of pyridine rings is 1. The maximum atomic E-state index is 12.6. The van der Waals surface area contributed by atoms with Gasteiger partial charge in [-0.3, -0.25) is 9.59 Å². The molecule has 1 aromatic carbocycles. The van der Waals surface area contributed by atoms with Crippen molar-refractivity contribution in [1.29, 1.82) is 0 Å². The van der Waals surface area contributed by atoms with Crippen LogP contribution in [0.3, 0.4) is 0 Å². The average Bonchev–Trinajstić information content (AvgIpc) is 3.10. The van der Waals surface area contributed by atoms with Gasteiger partial charge in [-0.15, -0.1) is 0 Å². The highest BCUT2D eigenvalue weighted by molar-refractivity contribution is 6.03. The predicted octanol–water partition coefficient (Wildman–Crippen LogP) is 2.41. The van der Waals surface area contributed by atoms with Crippen LogP contribution in [0.15, 0.2) is 30.5 Å². The Morgan fingerprint density at radius 1 is 1.14 bits per heavy atom. The molecule has 1 saturated heterocycles. The predicted molar refractivity (Wildman–Crippen MR) is 104 cm³/mol. The van der Waals surface area contributed by atoms with Crippen LogP contribution in [-0.2, 0) is 9.59 Å². The Balaban J connectivity index is 1.79. The summed E-state index contributed by atoms with van der Waals surface area (Å²) in [6, 6.07) is 6.99. The molecule has 28 heavy (non-hydrogen) atoms. The van der Waals surface area contributed by atoms with Gasteiger partial charge >= 0.3 is 0 Å². The van der Waals surface area contributed by atoms with Crippen molar-refractivity contribution < 1.29 is 23.8 Å². The van der Waals surface area contributed by atoms with E-state index < -0.39 is 5.92 Å². The van der Waals surface area contributed by atoms with Gasteiger partial charge in [0.1, 0.15) is 5.82 Å². The Morgan fingerprint density at radius 2 is 1.82 bits per heavy atom. The van der Waals surface area contributed by atoms with E-state index in [1.807, 2.05) is 13.0 Å². The SMILES string of the molecule is COc1cc(N2CC(C(=O)Nc3ccc(C)cn3)CC2=O)cc(OC)c1OC. The van der Waals surface area contributed by atoms with Gasteiger partial charge in [0.15, 0.2) is 11.5 Å². The number of amides is 2. The van der Waals surface area contributed by atoms with Gasteiger partial charge in [-0.25, -0.2) is 4.98 Å². The molecule has 1 fully saturated rings. The number of rotatable bonds is 6. The molecule has 2 heterocycles. The molecule has 0 bridgehead atoms. The van der Waals surface area contributed by atoms with E-state index in [2.05, 4.69) is 10.3 Å². The minimum atomic E-state index is -0.477. The second-order valence-electron chi connectivity index (χ2n) is 6.50. The first kappa shape index (κ1) is 19.5. The van der Waals surface area contributed by atoms with Gasteiger partial charge in [-0.2, -0.15) is 0 Å². The Hall–Kier alpha value is -3.29. The fourth-order valence-electron chi connectivity index (χ4n) is 3.13. The van der Waals surface area contributed by atoms with Crippen molar-refractivity contribution in [3.05, 3.63) is 36.0 Å².